The van der Waals surface area contributed by atoms with Crippen molar-refractivity contribution in [3.05, 3.63) is 11.8 Å². The molecule has 1 atom stereocenters. The van der Waals surface area contributed by atoms with Crippen LogP contribution >= 0.6 is 23.5 Å². The number of hydrogen-bond acceptors (Lipinski definition) is 6. The molecule has 0 aliphatic carbocycles. The Morgan fingerprint density at radius 2 is 2.35 bits per heavy atom. The molecule has 20 heavy (non-hydrogen) atoms. The third-order valence-corrected chi connectivity index (χ3v) is 7.18. The first-order valence-corrected chi connectivity index (χ1v) is 10.2. The van der Waals surface area contributed by atoms with Crippen LogP contribution in [0.4, 0.5) is 0 Å². The van der Waals surface area contributed by atoms with Crippen molar-refractivity contribution in [3.63, 3.8) is 0 Å². The SMILES string of the molecule is CCNCc1cn[nH]c1S(=O)(=O)NCC1CSCCS1. The van der Waals surface area contributed by atoms with Crippen LogP contribution in [-0.2, 0) is 16.6 Å². The van der Waals surface area contributed by atoms with Crippen molar-refractivity contribution < 1.29 is 8.42 Å². The minimum atomic E-state index is -3.51. The average Bonchev–Trinajstić information content (AvgIpc) is 2.93. The summed E-state index contributed by atoms with van der Waals surface area (Å²) in [5.74, 6) is 3.24. The summed E-state index contributed by atoms with van der Waals surface area (Å²) < 4.78 is 27.3. The number of rotatable bonds is 7. The van der Waals surface area contributed by atoms with Gasteiger partial charge in [-0.1, -0.05) is 6.92 Å². The van der Waals surface area contributed by atoms with Gasteiger partial charge in [-0.15, -0.1) is 0 Å². The fourth-order valence-corrected chi connectivity index (χ4v) is 5.77. The molecular formula is C11H20N4O2S3. The predicted octanol–water partition coefficient (Wildman–Crippen LogP) is 0.646. The zero-order chi connectivity index (χ0) is 14.4. The van der Waals surface area contributed by atoms with Crippen molar-refractivity contribution in [2.24, 2.45) is 0 Å². The Bertz CT molecular complexity index is 511. The van der Waals surface area contributed by atoms with E-state index in [9.17, 15) is 8.42 Å². The van der Waals surface area contributed by atoms with Gasteiger partial charge in [0.2, 0.25) is 0 Å². The van der Waals surface area contributed by atoms with Gasteiger partial charge in [-0.2, -0.15) is 28.6 Å². The molecule has 6 nitrogen and oxygen atoms in total. The molecule has 0 radical (unpaired) electrons. The van der Waals surface area contributed by atoms with Crippen molar-refractivity contribution in [1.82, 2.24) is 20.2 Å². The normalized spacial score (nSPS) is 20.1. The van der Waals surface area contributed by atoms with Crippen LogP contribution in [0.15, 0.2) is 11.2 Å². The molecule has 1 aromatic rings. The summed E-state index contributed by atoms with van der Waals surface area (Å²) in [4.78, 5) is 0. The van der Waals surface area contributed by atoms with Gasteiger partial charge in [-0.05, 0) is 6.54 Å². The second kappa shape index (κ2) is 7.69. The number of aromatic nitrogens is 2. The van der Waals surface area contributed by atoms with E-state index >= 15 is 0 Å². The van der Waals surface area contributed by atoms with E-state index in [0.717, 1.165) is 23.8 Å². The highest BCUT2D eigenvalue weighted by molar-refractivity contribution is 8.06. The molecule has 1 unspecified atom stereocenters. The summed E-state index contributed by atoms with van der Waals surface area (Å²) in [5, 5.41) is 10.1. The Kier molecular flexibility index (Phi) is 6.21. The number of sulfonamides is 1. The van der Waals surface area contributed by atoms with Gasteiger partial charge >= 0.3 is 0 Å². The summed E-state index contributed by atoms with van der Waals surface area (Å²) in [6.45, 7) is 3.73. The van der Waals surface area contributed by atoms with Gasteiger partial charge in [0, 0.05) is 41.2 Å². The van der Waals surface area contributed by atoms with Crippen molar-refractivity contribution in [2.75, 3.05) is 30.3 Å². The molecule has 0 spiro atoms. The summed E-state index contributed by atoms with van der Waals surface area (Å²) in [6.07, 6.45) is 1.56. The van der Waals surface area contributed by atoms with Crippen molar-refractivity contribution in [2.45, 2.75) is 23.7 Å². The monoisotopic (exact) mass is 336 g/mol. The lowest BCUT2D eigenvalue weighted by Gasteiger charge is -2.21. The molecule has 0 aromatic carbocycles. The predicted molar refractivity (Wildman–Crippen MR) is 84.7 cm³/mol. The van der Waals surface area contributed by atoms with Crippen LogP contribution in [0.3, 0.4) is 0 Å². The van der Waals surface area contributed by atoms with Gasteiger partial charge < -0.3 is 5.32 Å². The topological polar surface area (TPSA) is 86.9 Å². The van der Waals surface area contributed by atoms with Crippen molar-refractivity contribution in [1.29, 1.82) is 0 Å². The van der Waals surface area contributed by atoms with Gasteiger partial charge in [0.15, 0.2) is 5.03 Å². The molecule has 114 valence electrons. The van der Waals surface area contributed by atoms with Gasteiger partial charge in [-0.25, -0.2) is 13.1 Å². The lowest BCUT2D eigenvalue weighted by Crippen LogP contribution is -2.34. The third-order valence-electron chi connectivity index (χ3n) is 2.90. The Morgan fingerprint density at radius 3 is 3.05 bits per heavy atom. The number of nitrogens with zero attached hydrogens (tertiary/aromatic N) is 1. The van der Waals surface area contributed by atoms with Crippen LogP contribution in [0.5, 0.6) is 0 Å². The Balaban J connectivity index is 1.97. The third kappa shape index (κ3) is 4.39. The maximum atomic E-state index is 12.3. The Morgan fingerprint density at radius 1 is 1.50 bits per heavy atom. The first-order valence-electron chi connectivity index (χ1n) is 6.55. The van der Waals surface area contributed by atoms with Crippen molar-refractivity contribution >= 4 is 33.5 Å². The molecule has 0 bridgehead atoms. The van der Waals surface area contributed by atoms with Gasteiger partial charge in [-0.3, -0.25) is 5.10 Å². The highest BCUT2D eigenvalue weighted by atomic mass is 32.2. The molecule has 2 rings (SSSR count). The molecule has 1 fully saturated rings. The molecule has 1 aliphatic heterocycles. The fourth-order valence-electron chi connectivity index (χ4n) is 1.85. The molecule has 9 heteroatoms. The maximum absolute atomic E-state index is 12.3. The summed E-state index contributed by atoms with van der Waals surface area (Å²) in [6, 6.07) is 0. The Labute approximate surface area is 128 Å². The van der Waals surface area contributed by atoms with Crippen LogP contribution in [0.1, 0.15) is 12.5 Å². The number of aromatic amines is 1. The first-order chi connectivity index (χ1) is 9.63. The van der Waals surface area contributed by atoms with E-state index in [1.165, 1.54) is 0 Å². The van der Waals surface area contributed by atoms with Gasteiger partial charge in [0.05, 0.1) is 6.20 Å². The number of nitrogens with one attached hydrogen (secondary N) is 3. The number of H-pyrrole nitrogens is 1. The standard InChI is InChI=1S/C11H20N4O2S3/c1-2-12-5-9-6-13-15-11(9)20(16,17)14-7-10-8-18-3-4-19-10/h6,10,12,14H,2-5,7-8H2,1H3,(H,13,15). The van der Waals surface area contributed by atoms with Crippen LogP contribution in [0.2, 0.25) is 0 Å². The summed E-state index contributed by atoms with van der Waals surface area (Å²) >= 11 is 3.71. The van der Waals surface area contributed by atoms with Gasteiger partial charge in [0.25, 0.3) is 10.0 Å². The van der Waals surface area contributed by atoms with Crippen LogP contribution in [0, 0.1) is 0 Å². The van der Waals surface area contributed by atoms with Crippen LogP contribution in [-0.4, -0.2) is 54.2 Å². The lowest BCUT2D eigenvalue weighted by atomic mass is 10.3. The van der Waals surface area contributed by atoms with Crippen molar-refractivity contribution in [3.8, 4) is 0 Å². The molecule has 0 amide bonds. The quantitative estimate of drug-likeness (QED) is 0.678. The van der Waals surface area contributed by atoms with E-state index in [0.29, 0.717) is 23.9 Å². The van der Waals surface area contributed by atoms with E-state index < -0.39 is 10.0 Å². The zero-order valence-electron chi connectivity index (χ0n) is 11.4. The average molecular weight is 337 g/mol. The fraction of sp³-hybridized carbons (Fsp3) is 0.727. The van der Waals surface area contributed by atoms with E-state index in [-0.39, 0.29) is 5.03 Å². The van der Waals surface area contributed by atoms with E-state index in [1.807, 2.05) is 30.4 Å². The van der Waals surface area contributed by atoms with Crippen LogP contribution in [0.25, 0.3) is 0 Å². The minimum Gasteiger partial charge on any atom is -0.313 e. The second-order valence-electron chi connectivity index (χ2n) is 4.42. The lowest BCUT2D eigenvalue weighted by molar-refractivity contribution is 0.574. The Hall–Kier alpha value is -0.220. The highest BCUT2D eigenvalue weighted by Gasteiger charge is 2.23. The molecule has 1 aromatic heterocycles. The molecule has 3 N–H and O–H groups in total. The molecule has 2 heterocycles. The van der Waals surface area contributed by atoms with E-state index in [1.54, 1.807) is 6.20 Å². The largest absolute Gasteiger partial charge is 0.313 e. The molecule has 1 aliphatic rings. The second-order valence-corrected chi connectivity index (χ2v) is 8.69. The van der Waals surface area contributed by atoms with E-state index in [4.69, 9.17) is 0 Å². The number of thioether (sulfide) groups is 2. The highest BCUT2D eigenvalue weighted by Crippen LogP contribution is 2.23. The molecular weight excluding hydrogens is 316 g/mol. The summed E-state index contributed by atoms with van der Waals surface area (Å²) in [7, 11) is -3.51. The number of hydrogen-bond donors (Lipinski definition) is 3. The van der Waals surface area contributed by atoms with Crippen LogP contribution < -0.4 is 10.0 Å². The smallest absolute Gasteiger partial charge is 0.257 e. The minimum absolute atomic E-state index is 0.173. The van der Waals surface area contributed by atoms with Gasteiger partial charge in [0.1, 0.15) is 0 Å². The molecule has 0 saturated carbocycles. The molecule has 1 saturated heterocycles. The maximum Gasteiger partial charge on any atom is 0.257 e. The van der Waals surface area contributed by atoms with E-state index in [2.05, 4.69) is 20.2 Å². The summed E-state index contributed by atoms with van der Waals surface area (Å²) in [5.41, 5.74) is 0.671. The first kappa shape index (κ1) is 16.2. The zero-order valence-corrected chi connectivity index (χ0v) is 13.8.